The number of fused-ring (bicyclic) bond motifs is 1. The molecule has 0 aliphatic carbocycles. The number of amides is 2. The number of hydrogen-bond donors (Lipinski definition) is 3. The number of nitrogens with one attached hydrogen (secondary N) is 3. The van der Waals surface area contributed by atoms with Gasteiger partial charge in [0, 0.05) is 29.9 Å². The third kappa shape index (κ3) is 3.13. The molecule has 1 fully saturated rings. The maximum Gasteiger partial charge on any atom is 0.243 e. The van der Waals surface area contributed by atoms with Gasteiger partial charge in [0.25, 0.3) is 0 Å². The van der Waals surface area contributed by atoms with Crippen LogP contribution >= 0.6 is 0 Å². The molecule has 2 amide bonds. The highest BCUT2D eigenvalue weighted by atomic mass is 16.2. The summed E-state index contributed by atoms with van der Waals surface area (Å²) in [5.74, 6) is -0.265. The molecule has 1 saturated heterocycles. The van der Waals surface area contributed by atoms with Crippen molar-refractivity contribution in [3.63, 3.8) is 0 Å². The summed E-state index contributed by atoms with van der Waals surface area (Å²) in [7, 11) is 0. The van der Waals surface area contributed by atoms with Gasteiger partial charge in [-0.1, -0.05) is 48.5 Å². The topological polar surface area (TPSA) is 74.0 Å². The zero-order valence-electron chi connectivity index (χ0n) is 13.7. The van der Waals surface area contributed by atoms with Crippen LogP contribution in [0.25, 0.3) is 10.9 Å². The van der Waals surface area contributed by atoms with Crippen molar-refractivity contribution < 1.29 is 9.59 Å². The molecule has 0 radical (unpaired) electrons. The number of hydrogen-bond acceptors (Lipinski definition) is 2. The summed E-state index contributed by atoms with van der Waals surface area (Å²) in [4.78, 5) is 28.1. The molecule has 2 aromatic carbocycles. The van der Waals surface area contributed by atoms with Crippen molar-refractivity contribution in [1.29, 1.82) is 0 Å². The van der Waals surface area contributed by atoms with Crippen molar-refractivity contribution in [3.05, 3.63) is 71.9 Å². The summed E-state index contributed by atoms with van der Waals surface area (Å²) in [5.41, 5.74) is 3.08. The number of aromatic nitrogens is 1. The van der Waals surface area contributed by atoms with E-state index in [1.54, 1.807) is 0 Å². The zero-order valence-corrected chi connectivity index (χ0v) is 13.7. The van der Waals surface area contributed by atoms with Crippen molar-refractivity contribution in [2.45, 2.75) is 24.9 Å². The Hall–Kier alpha value is -3.08. The van der Waals surface area contributed by atoms with Gasteiger partial charge in [-0.05, 0) is 17.2 Å². The molecular formula is C20H19N3O2. The van der Waals surface area contributed by atoms with Crippen LogP contribution in [0.1, 0.15) is 11.1 Å². The number of para-hydroxylation sites is 1. The monoisotopic (exact) mass is 333 g/mol. The Labute approximate surface area is 145 Å². The van der Waals surface area contributed by atoms with E-state index in [-0.39, 0.29) is 11.8 Å². The molecular weight excluding hydrogens is 314 g/mol. The van der Waals surface area contributed by atoms with E-state index in [9.17, 15) is 9.59 Å². The number of H-pyrrole nitrogens is 1. The molecule has 1 aromatic heterocycles. The third-order valence-corrected chi connectivity index (χ3v) is 4.65. The highest BCUT2D eigenvalue weighted by Crippen LogP contribution is 2.20. The van der Waals surface area contributed by atoms with E-state index >= 15 is 0 Å². The van der Waals surface area contributed by atoms with Crippen LogP contribution in [0.3, 0.4) is 0 Å². The van der Waals surface area contributed by atoms with Crippen molar-refractivity contribution in [1.82, 2.24) is 15.6 Å². The summed E-state index contributed by atoms with van der Waals surface area (Å²) in [6.45, 7) is 0. The minimum Gasteiger partial charge on any atom is -0.361 e. The standard InChI is InChI=1S/C20H19N3O2/c24-19-17(10-13-6-2-1-3-7-13)22-20(25)18(23-19)11-14-12-21-16-9-5-4-8-15(14)16/h1-9,12,17-18,21H,10-11H2,(H,22,25)(H,23,24)/t17-,18-/m0/s1. The van der Waals surface area contributed by atoms with Gasteiger partial charge in [-0.3, -0.25) is 9.59 Å². The van der Waals surface area contributed by atoms with E-state index in [2.05, 4.69) is 15.6 Å². The molecule has 4 rings (SSSR count). The van der Waals surface area contributed by atoms with Crippen molar-refractivity contribution in [3.8, 4) is 0 Å². The van der Waals surface area contributed by atoms with E-state index in [4.69, 9.17) is 0 Å². The number of aromatic amines is 1. The average molecular weight is 333 g/mol. The molecule has 0 saturated carbocycles. The Bertz CT molecular complexity index is 917. The Morgan fingerprint density at radius 3 is 2.16 bits per heavy atom. The number of carbonyl (C=O) groups excluding carboxylic acids is 2. The van der Waals surface area contributed by atoms with Gasteiger partial charge in [0.1, 0.15) is 12.1 Å². The minimum absolute atomic E-state index is 0.131. The van der Waals surface area contributed by atoms with E-state index in [0.717, 1.165) is 22.0 Å². The quantitative estimate of drug-likeness (QED) is 0.682. The first-order chi connectivity index (χ1) is 12.2. The fourth-order valence-corrected chi connectivity index (χ4v) is 3.33. The largest absolute Gasteiger partial charge is 0.361 e. The average Bonchev–Trinajstić information content (AvgIpc) is 3.03. The van der Waals surface area contributed by atoms with Gasteiger partial charge in [-0.25, -0.2) is 0 Å². The summed E-state index contributed by atoms with van der Waals surface area (Å²) >= 11 is 0. The maximum atomic E-state index is 12.5. The van der Waals surface area contributed by atoms with Crippen LogP contribution in [0.2, 0.25) is 0 Å². The van der Waals surface area contributed by atoms with Gasteiger partial charge in [0.15, 0.2) is 0 Å². The molecule has 3 N–H and O–H groups in total. The Morgan fingerprint density at radius 1 is 0.760 bits per heavy atom. The van der Waals surface area contributed by atoms with Gasteiger partial charge in [-0.15, -0.1) is 0 Å². The SMILES string of the molecule is O=C1N[C@@H](Cc2c[nH]c3ccccc23)C(=O)N[C@H]1Cc1ccccc1. The van der Waals surface area contributed by atoms with Crippen molar-refractivity contribution in [2.75, 3.05) is 0 Å². The molecule has 0 unspecified atom stereocenters. The summed E-state index contributed by atoms with van der Waals surface area (Å²) < 4.78 is 0. The van der Waals surface area contributed by atoms with E-state index < -0.39 is 12.1 Å². The minimum atomic E-state index is -0.543. The van der Waals surface area contributed by atoms with Crippen LogP contribution in [-0.2, 0) is 22.4 Å². The lowest BCUT2D eigenvalue weighted by molar-refractivity contribution is -0.136. The fourth-order valence-electron chi connectivity index (χ4n) is 3.33. The second-order valence-corrected chi connectivity index (χ2v) is 6.38. The second kappa shape index (κ2) is 6.43. The highest BCUT2D eigenvalue weighted by Gasteiger charge is 2.33. The summed E-state index contributed by atoms with van der Waals surface area (Å²) in [6.07, 6.45) is 2.87. The molecule has 3 aromatic rings. The molecule has 25 heavy (non-hydrogen) atoms. The van der Waals surface area contributed by atoms with Crippen LogP contribution < -0.4 is 10.6 Å². The van der Waals surface area contributed by atoms with E-state index in [0.29, 0.717) is 12.8 Å². The van der Waals surface area contributed by atoms with Crippen LogP contribution in [0.4, 0.5) is 0 Å². The van der Waals surface area contributed by atoms with Gasteiger partial charge < -0.3 is 15.6 Å². The highest BCUT2D eigenvalue weighted by molar-refractivity contribution is 5.97. The molecule has 0 bridgehead atoms. The van der Waals surface area contributed by atoms with Crippen LogP contribution in [0, 0.1) is 0 Å². The lowest BCUT2D eigenvalue weighted by Gasteiger charge is -2.29. The lowest BCUT2D eigenvalue weighted by Crippen LogP contribution is -2.62. The predicted octanol–water partition coefficient (Wildman–Crippen LogP) is 1.94. The number of rotatable bonds is 4. The summed E-state index contributed by atoms with van der Waals surface area (Å²) in [5, 5.41) is 6.82. The molecule has 0 spiro atoms. The van der Waals surface area contributed by atoms with E-state index in [1.165, 1.54) is 0 Å². The Morgan fingerprint density at radius 2 is 1.40 bits per heavy atom. The molecule has 126 valence electrons. The van der Waals surface area contributed by atoms with Gasteiger partial charge in [0.2, 0.25) is 11.8 Å². The zero-order chi connectivity index (χ0) is 17.2. The van der Waals surface area contributed by atoms with Crippen LogP contribution in [0.5, 0.6) is 0 Å². The van der Waals surface area contributed by atoms with Crippen LogP contribution in [-0.4, -0.2) is 28.9 Å². The molecule has 5 heteroatoms. The first-order valence-corrected chi connectivity index (χ1v) is 8.40. The molecule has 5 nitrogen and oxygen atoms in total. The third-order valence-electron chi connectivity index (χ3n) is 4.65. The Kier molecular flexibility index (Phi) is 3.98. The first kappa shape index (κ1) is 15.4. The van der Waals surface area contributed by atoms with Crippen LogP contribution in [0.15, 0.2) is 60.8 Å². The van der Waals surface area contributed by atoms with Gasteiger partial charge in [-0.2, -0.15) is 0 Å². The van der Waals surface area contributed by atoms with Crippen molar-refractivity contribution in [2.24, 2.45) is 0 Å². The lowest BCUT2D eigenvalue weighted by atomic mass is 9.98. The molecule has 1 aliphatic heterocycles. The van der Waals surface area contributed by atoms with Crippen molar-refractivity contribution >= 4 is 22.7 Å². The first-order valence-electron chi connectivity index (χ1n) is 8.40. The summed E-state index contributed by atoms with van der Waals surface area (Å²) in [6, 6.07) is 16.6. The van der Waals surface area contributed by atoms with Gasteiger partial charge in [0.05, 0.1) is 0 Å². The normalized spacial score (nSPS) is 20.3. The molecule has 2 heterocycles. The number of benzene rings is 2. The van der Waals surface area contributed by atoms with Gasteiger partial charge >= 0.3 is 0 Å². The smallest absolute Gasteiger partial charge is 0.243 e. The molecule has 2 atom stereocenters. The molecule has 1 aliphatic rings. The maximum absolute atomic E-state index is 12.5. The number of carbonyl (C=O) groups is 2. The second-order valence-electron chi connectivity index (χ2n) is 6.38. The fraction of sp³-hybridized carbons (Fsp3) is 0.200. The predicted molar refractivity (Wildman–Crippen MR) is 96.0 cm³/mol. The van der Waals surface area contributed by atoms with E-state index in [1.807, 2.05) is 60.8 Å². The Balaban J connectivity index is 1.47. The number of piperazine rings is 1.